The maximum absolute atomic E-state index is 4.04. The molecular formula is C8H11N3. The van der Waals surface area contributed by atoms with Crippen LogP contribution in [0.25, 0.3) is 0 Å². The standard InChI is InChI=1S/C8H11N3/c1-11-5-4-10-7-6-9-3-2-8(7)11/h2-3,6,10H,4-5H2,1H3. The third-order valence-electron chi connectivity index (χ3n) is 1.97. The van der Waals surface area contributed by atoms with E-state index in [0.717, 1.165) is 18.8 Å². The topological polar surface area (TPSA) is 28.2 Å². The van der Waals surface area contributed by atoms with Crippen molar-refractivity contribution in [2.24, 2.45) is 0 Å². The highest BCUT2D eigenvalue weighted by Gasteiger charge is 2.10. The lowest BCUT2D eigenvalue weighted by Gasteiger charge is -2.27. The first kappa shape index (κ1) is 6.46. The van der Waals surface area contributed by atoms with Crippen molar-refractivity contribution >= 4 is 11.4 Å². The van der Waals surface area contributed by atoms with E-state index in [1.807, 2.05) is 18.5 Å². The van der Waals surface area contributed by atoms with Gasteiger partial charge in [0.1, 0.15) is 0 Å². The minimum atomic E-state index is 1.01. The molecule has 2 heterocycles. The van der Waals surface area contributed by atoms with Crippen LogP contribution in [0, 0.1) is 0 Å². The van der Waals surface area contributed by atoms with Gasteiger partial charge in [-0.15, -0.1) is 0 Å². The highest BCUT2D eigenvalue weighted by atomic mass is 15.2. The van der Waals surface area contributed by atoms with Crippen LogP contribution in [0.5, 0.6) is 0 Å². The van der Waals surface area contributed by atoms with E-state index >= 15 is 0 Å². The van der Waals surface area contributed by atoms with Crippen molar-refractivity contribution in [2.75, 3.05) is 30.4 Å². The Morgan fingerprint density at radius 2 is 2.55 bits per heavy atom. The number of anilines is 2. The van der Waals surface area contributed by atoms with Crippen molar-refractivity contribution in [3.05, 3.63) is 18.5 Å². The summed E-state index contributed by atoms with van der Waals surface area (Å²) in [6.45, 7) is 2.08. The Hall–Kier alpha value is -1.25. The summed E-state index contributed by atoms with van der Waals surface area (Å²) in [5.41, 5.74) is 2.38. The summed E-state index contributed by atoms with van der Waals surface area (Å²) in [7, 11) is 2.10. The zero-order chi connectivity index (χ0) is 7.68. The number of nitrogens with one attached hydrogen (secondary N) is 1. The highest BCUT2D eigenvalue weighted by molar-refractivity contribution is 5.70. The summed E-state index contributed by atoms with van der Waals surface area (Å²) in [6.07, 6.45) is 3.69. The lowest BCUT2D eigenvalue weighted by molar-refractivity contribution is 0.883. The summed E-state index contributed by atoms with van der Waals surface area (Å²) < 4.78 is 0. The van der Waals surface area contributed by atoms with Gasteiger partial charge in [-0.25, -0.2) is 0 Å². The van der Waals surface area contributed by atoms with Gasteiger partial charge in [0.05, 0.1) is 17.6 Å². The van der Waals surface area contributed by atoms with Crippen LogP contribution in [-0.2, 0) is 0 Å². The Morgan fingerprint density at radius 1 is 1.64 bits per heavy atom. The normalized spacial score (nSPS) is 15.5. The molecule has 58 valence electrons. The van der Waals surface area contributed by atoms with E-state index in [0.29, 0.717) is 0 Å². The molecule has 0 bridgehead atoms. The third-order valence-corrected chi connectivity index (χ3v) is 1.97. The average Bonchev–Trinajstić information content (AvgIpc) is 2.06. The number of fused-ring (bicyclic) bond motifs is 1. The first-order valence-corrected chi connectivity index (χ1v) is 3.77. The monoisotopic (exact) mass is 149 g/mol. The molecule has 3 heteroatoms. The summed E-state index contributed by atoms with van der Waals surface area (Å²) in [5.74, 6) is 0. The van der Waals surface area contributed by atoms with E-state index in [4.69, 9.17) is 0 Å². The quantitative estimate of drug-likeness (QED) is 0.595. The van der Waals surface area contributed by atoms with E-state index < -0.39 is 0 Å². The molecule has 2 rings (SSSR count). The molecule has 0 radical (unpaired) electrons. The second-order valence-corrected chi connectivity index (χ2v) is 2.74. The lowest BCUT2D eigenvalue weighted by atomic mass is 10.2. The van der Waals surface area contributed by atoms with Crippen molar-refractivity contribution in [2.45, 2.75) is 0 Å². The molecular weight excluding hydrogens is 138 g/mol. The van der Waals surface area contributed by atoms with Crippen molar-refractivity contribution < 1.29 is 0 Å². The second-order valence-electron chi connectivity index (χ2n) is 2.74. The Bertz CT molecular complexity index is 259. The Labute approximate surface area is 66.0 Å². The fraction of sp³-hybridized carbons (Fsp3) is 0.375. The molecule has 1 aromatic rings. The van der Waals surface area contributed by atoms with Crippen LogP contribution in [0.15, 0.2) is 18.5 Å². The van der Waals surface area contributed by atoms with Crippen molar-refractivity contribution in [3.8, 4) is 0 Å². The summed E-state index contributed by atoms with van der Waals surface area (Å²) in [5, 5.41) is 3.29. The van der Waals surface area contributed by atoms with Gasteiger partial charge < -0.3 is 10.2 Å². The maximum Gasteiger partial charge on any atom is 0.0764 e. The van der Waals surface area contributed by atoms with E-state index in [-0.39, 0.29) is 0 Å². The SMILES string of the molecule is CN1CCNc2cnccc21. The minimum absolute atomic E-state index is 1.01. The fourth-order valence-corrected chi connectivity index (χ4v) is 1.33. The molecule has 1 aliphatic rings. The van der Waals surface area contributed by atoms with E-state index in [1.54, 1.807) is 0 Å². The van der Waals surface area contributed by atoms with E-state index in [1.165, 1.54) is 5.69 Å². The molecule has 0 unspecified atom stereocenters. The van der Waals surface area contributed by atoms with Crippen LogP contribution in [0.3, 0.4) is 0 Å². The molecule has 0 saturated heterocycles. The van der Waals surface area contributed by atoms with Crippen molar-refractivity contribution in [1.29, 1.82) is 0 Å². The highest BCUT2D eigenvalue weighted by Crippen LogP contribution is 2.25. The zero-order valence-electron chi connectivity index (χ0n) is 6.54. The molecule has 3 nitrogen and oxygen atoms in total. The number of nitrogens with zero attached hydrogens (tertiary/aromatic N) is 2. The van der Waals surface area contributed by atoms with Gasteiger partial charge in [0.2, 0.25) is 0 Å². The van der Waals surface area contributed by atoms with E-state index in [2.05, 4.69) is 22.2 Å². The first-order valence-electron chi connectivity index (χ1n) is 3.77. The largest absolute Gasteiger partial charge is 0.380 e. The van der Waals surface area contributed by atoms with Gasteiger partial charge in [-0.3, -0.25) is 4.98 Å². The van der Waals surface area contributed by atoms with Crippen LogP contribution >= 0.6 is 0 Å². The second kappa shape index (κ2) is 2.42. The molecule has 1 N–H and O–H groups in total. The van der Waals surface area contributed by atoms with Gasteiger partial charge in [0, 0.05) is 26.3 Å². The lowest BCUT2D eigenvalue weighted by Crippen LogP contribution is -2.30. The molecule has 11 heavy (non-hydrogen) atoms. The van der Waals surface area contributed by atoms with Gasteiger partial charge in [-0.1, -0.05) is 0 Å². The van der Waals surface area contributed by atoms with Gasteiger partial charge in [-0.2, -0.15) is 0 Å². The predicted octanol–water partition coefficient (Wildman–Crippen LogP) is 0.943. The van der Waals surface area contributed by atoms with Crippen LogP contribution in [-0.4, -0.2) is 25.1 Å². The van der Waals surface area contributed by atoms with Crippen LogP contribution in [0.1, 0.15) is 0 Å². The third kappa shape index (κ3) is 1.02. The first-order chi connectivity index (χ1) is 5.38. The van der Waals surface area contributed by atoms with Crippen molar-refractivity contribution in [1.82, 2.24) is 4.98 Å². The number of pyridine rings is 1. The van der Waals surface area contributed by atoms with Crippen LogP contribution < -0.4 is 10.2 Å². The summed E-state index contributed by atoms with van der Waals surface area (Å²) in [4.78, 5) is 6.27. The van der Waals surface area contributed by atoms with Crippen LogP contribution in [0.4, 0.5) is 11.4 Å². The van der Waals surface area contributed by atoms with Crippen molar-refractivity contribution in [3.63, 3.8) is 0 Å². The molecule has 0 aromatic carbocycles. The smallest absolute Gasteiger partial charge is 0.0764 e. The molecule has 0 saturated carbocycles. The Kier molecular flexibility index (Phi) is 1.42. The molecule has 0 spiro atoms. The zero-order valence-corrected chi connectivity index (χ0v) is 6.54. The van der Waals surface area contributed by atoms with Gasteiger partial charge >= 0.3 is 0 Å². The number of rotatable bonds is 0. The van der Waals surface area contributed by atoms with E-state index in [9.17, 15) is 0 Å². The summed E-state index contributed by atoms with van der Waals surface area (Å²) >= 11 is 0. The molecule has 1 aliphatic heterocycles. The molecule has 1 aromatic heterocycles. The molecule has 0 fully saturated rings. The Balaban J connectivity index is 2.44. The number of aromatic nitrogens is 1. The number of hydrogen-bond donors (Lipinski definition) is 1. The van der Waals surface area contributed by atoms with Gasteiger partial charge in [0.25, 0.3) is 0 Å². The molecule has 0 atom stereocenters. The van der Waals surface area contributed by atoms with Gasteiger partial charge in [-0.05, 0) is 6.07 Å². The van der Waals surface area contributed by atoms with Crippen LogP contribution in [0.2, 0.25) is 0 Å². The minimum Gasteiger partial charge on any atom is -0.380 e. The molecule has 0 amide bonds. The summed E-state index contributed by atoms with van der Waals surface area (Å²) in [6, 6.07) is 2.03. The Morgan fingerprint density at radius 3 is 3.36 bits per heavy atom. The predicted molar refractivity (Wildman–Crippen MR) is 46.0 cm³/mol. The number of hydrogen-bond acceptors (Lipinski definition) is 3. The fourth-order valence-electron chi connectivity index (χ4n) is 1.33. The van der Waals surface area contributed by atoms with Gasteiger partial charge in [0.15, 0.2) is 0 Å². The average molecular weight is 149 g/mol. The number of likely N-dealkylation sites (N-methyl/N-ethyl adjacent to an activating group) is 1. The maximum atomic E-state index is 4.04. The molecule has 0 aliphatic carbocycles.